The highest BCUT2D eigenvalue weighted by atomic mass is 16.3. The Kier molecular flexibility index (Phi) is 9.01. The minimum absolute atomic E-state index is 0.238. The Morgan fingerprint density at radius 1 is 1.19 bits per heavy atom. The smallest absolute Gasteiger partial charge is 0.243 e. The van der Waals surface area contributed by atoms with Crippen LogP contribution in [0, 0.1) is 11.3 Å². The average molecular weight is 447 g/mol. The fraction of sp³-hybridized carbons (Fsp3) is 0.545. The van der Waals surface area contributed by atoms with E-state index in [0.29, 0.717) is 19.4 Å². The van der Waals surface area contributed by atoms with Crippen LogP contribution in [0.4, 0.5) is 0 Å². The van der Waals surface area contributed by atoms with Gasteiger partial charge in [-0.25, -0.2) is 0 Å². The third kappa shape index (κ3) is 6.94. The monoisotopic (exact) mass is 446 g/mol. The van der Waals surface area contributed by atoms with Crippen molar-refractivity contribution in [1.29, 1.82) is 5.41 Å². The molecule has 3 amide bonds. The van der Waals surface area contributed by atoms with Gasteiger partial charge < -0.3 is 31.7 Å². The average Bonchev–Trinajstić information content (AvgIpc) is 2.72. The molecule has 4 atom stereocenters. The molecular weight excluding hydrogens is 412 g/mol. The first-order valence-corrected chi connectivity index (χ1v) is 10.8. The number of guanidine groups is 1. The second-order valence-corrected chi connectivity index (χ2v) is 8.42. The van der Waals surface area contributed by atoms with Crippen LogP contribution >= 0.6 is 0 Å². The van der Waals surface area contributed by atoms with Crippen molar-refractivity contribution in [3.05, 3.63) is 35.9 Å². The van der Waals surface area contributed by atoms with Gasteiger partial charge in [0.05, 0.1) is 6.04 Å². The minimum Gasteiger partial charge on any atom is -0.371 e. The molecule has 1 unspecified atom stereocenters. The van der Waals surface area contributed by atoms with Gasteiger partial charge in [-0.2, -0.15) is 0 Å². The summed E-state index contributed by atoms with van der Waals surface area (Å²) in [5.74, 6) is -1.75. The van der Waals surface area contributed by atoms with Crippen molar-refractivity contribution in [1.82, 2.24) is 20.9 Å². The molecule has 0 bridgehead atoms. The van der Waals surface area contributed by atoms with E-state index in [1.54, 1.807) is 13.8 Å². The summed E-state index contributed by atoms with van der Waals surface area (Å²) in [4.78, 5) is 39.0. The van der Waals surface area contributed by atoms with Gasteiger partial charge in [-0.15, -0.1) is 0 Å². The second-order valence-electron chi connectivity index (χ2n) is 8.42. The topological polar surface area (TPSA) is 161 Å². The number of nitrogens with one attached hydrogen (secondary N) is 4. The fourth-order valence-electron chi connectivity index (χ4n) is 3.76. The molecule has 1 aromatic carbocycles. The molecule has 10 heteroatoms. The lowest BCUT2D eigenvalue weighted by Gasteiger charge is -2.39. The van der Waals surface area contributed by atoms with Gasteiger partial charge in [-0.3, -0.25) is 19.8 Å². The first-order chi connectivity index (χ1) is 15.1. The quantitative estimate of drug-likeness (QED) is 0.237. The van der Waals surface area contributed by atoms with E-state index in [1.165, 1.54) is 11.8 Å². The zero-order valence-electron chi connectivity index (χ0n) is 18.8. The van der Waals surface area contributed by atoms with E-state index in [4.69, 9.17) is 11.1 Å². The number of carbonyl (C=O) groups is 3. The number of benzene rings is 1. The third-order valence-corrected chi connectivity index (χ3v) is 5.45. The van der Waals surface area contributed by atoms with Crippen molar-refractivity contribution in [3.8, 4) is 0 Å². The van der Waals surface area contributed by atoms with Gasteiger partial charge in [0.2, 0.25) is 17.7 Å². The summed E-state index contributed by atoms with van der Waals surface area (Å²) in [7, 11) is 0. The Hall–Kier alpha value is -3.14. The third-order valence-electron chi connectivity index (χ3n) is 5.45. The molecule has 1 heterocycles. The van der Waals surface area contributed by atoms with Crippen molar-refractivity contribution < 1.29 is 19.5 Å². The number of amides is 3. The van der Waals surface area contributed by atoms with Gasteiger partial charge in [-0.05, 0) is 24.3 Å². The highest BCUT2D eigenvalue weighted by molar-refractivity contribution is 5.92. The first-order valence-electron chi connectivity index (χ1n) is 10.8. The molecule has 1 fully saturated rings. The van der Waals surface area contributed by atoms with Crippen molar-refractivity contribution >= 4 is 23.7 Å². The summed E-state index contributed by atoms with van der Waals surface area (Å²) in [6.45, 7) is 5.37. The van der Waals surface area contributed by atoms with Crippen LogP contribution in [-0.2, 0) is 20.8 Å². The second kappa shape index (κ2) is 11.5. The van der Waals surface area contributed by atoms with Crippen LogP contribution < -0.4 is 21.7 Å². The van der Waals surface area contributed by atoms with Gasteiger partial charge in [0.1, 0.15) is 18.3 Å². The summed E-state index contributed by atoms with van der Waals surface area (Å²) in [5, 5.41) is 26.2. The van der Waals surface area contributed by atoms with Crippen LogP contribution in [0.2, 0.25) is 0 Å². The van der Waals surface area contributed by atoms with Gasteiger partial charge in [-0.1, -0.05) is 44.2 Å². The first kappa shape index (κ1) is 25.1. The molecule has 0 radical (unpaired) electrons. The Bertz CT molecular complexity index is 816. The van der Waals surface area contributed by atoms with Gasteiger partial charge >= 0.3 is 0 Å². The lowest BCUT2D eigenvalue weighted by Crippen LogP contribution is -2.62. The molecule has 1 saturated heterocycles. The Morgan fingerprint density at radius 3 is 2.41 bits per heavy atom. The van der Waals surface area contributed by atoms with Crippen LogP contribution in [0.15, 0.2) is 30.3 Å². The number of hydrogen-bond acceptors (Lipinski definition) is 5. The summed E-state index contributed by atoms with van der Waals surface area (Å²) in [5.41, 5.74) is 6.38. The molecule has 1 aliphatic heterocycles. The number of aliphatic hydroxyl groups excluding tert-OH is 1. The van der Waals surface area contributed by atoms with Crippen LogP contribution in [0.25, 0.3) is 0 Å². The van der Waals surface area contributed by atoms with Crippen molar-refractivity contribution in [2.75, 3.05) is 6.54 Å². The maximum atomic E-state index is 13.0. The fourth-order valence-corrected chi connectivity index (χ4v) is 3.76. The molecule has 2 rings (SSSR count). The zero-order valence-corrected chi connectivity index (χ0v) is 18.8. The summed E-state index contributed by atoms with van der Waals surface area (Å²) in [6.07, 6.45) is 0.354. The normalized spacial score (nSPS) is 20.2. The van der Waals surface area contributed by atoms with Crippen LogP contribution in [0.1, 0.15) is 39.2 Å². The van der Waals surface area contributed by atoms with Crippen molar-refractivity contribution in [2.45, 2.75) is 64.4 Å². The van der Waals surface area contributed by atoms with Gasteiger partial charge in [0, 0.05) is 19.9 Å². The molecule has 1 aromatic rings. The van der Waals surface area contributed by atoms with Gasteiger partial charge in [0.15, 0.2) is 5.96 Å². The summed E-state index contributed by atoms with van der Waals surface area (Å²) in [6, 6.07) is 6.97. The van der Waals surface area contributed by atoms with Crippen molar-refractivity contribution in [2.24, 2.45) is 11.7 Å². The highest BCUT2D eigenvalue weighted by Crippen LogP contribution is 2.16. The van der Waals surface area contributed by atoms with E-state index in [1.807, 2.05) is 30.3 Å². The molecule has 0 aliphatic carbocycles. The van der Waals surface area contributed by atoms with E-state index < -0.39 is 36.2 Å². The Labute approximate surface area is 188 Å². The highest BCUT2D eigenvalue weighted by Gasteiger charge is 2.35. The van der Waals surface area contributed by atoms with E-state index in [2.05, 4.69) is 16.0 Å². The number of likely N-dealkylation sites (tertiary alicyclic amines) is 1. The Morgan fingerprint density at radius 2 is 1.84 bits per heavy atom. The van der Waals surface area contributed by atoms with Crippen LogP contribution in [-0.4, -0.2) is 64.6 Å². The predicted molar refractivity (Wildman–Crippen MR) is 120 cm³/mol. The molecule has 0 aromatic heterocycles. The minimum atomic E-state index is -1.11. The summed E-state index contributed by atoms with van der Waals surface area (Å²) >= 11 is 0. The number of rotatable bonds is 8. The Balaban J connectivity index is 2.09. The number of hydrogen-bond donors (Lipinski definition) is 6. The molecule has 0 saturated carbocycles. The number of nitrogens with two attached hydrogens (primary N) is 1. The van der Waals surface area contributed by atoms with E-state index in [9.17, 15) is 19.5 Å². The maximum absolute atomic E-state index is 13.0. The maximum Gasteiger partial charge on any atom is 0.243 e. The SMILES string of the molecule is CC(=O)N[C@@H](Cc1ccccc1)C(=O)N[C@H](C(=O)N[C@H]1CCCN(C(=N)N)C1O)C(C)C. The largest absolute Gasteiger partial charge is 0.371 e. The molecule has 7 N–H and O–H groups in total. The summed E-state index contributed by atoms with van der Waals surface area (Å²) < 4.78 is 0. The molecule has 32 heavy (non-hydrogen) atoms. The predicted octanol–water partition coefficient (Wildman–Crippen LogP) is -0.333. The van der Waals surface area contributed by atoms with E-state index in [0.717, 1.165) is 5.56 Å². The number of carbonyl (C=O) groups excluding carboxylic acids is 3. The number of piperidine rings is 1. The number of nitrogens with zero attached hydrogens (tertiary/aromatic N) is 1. The molecule has 176 valence electrons. The van der Waals surface area contributed by atoms with Crippen molar-refractivity contribution in [3.63, 3.8) is 0 Å². The van der Waals surface area contributed by atoms with Gasteiger partial charge in [0.25, 0.3) is 0 Å². The molecule has 10 nitrogen and oxygen atoms in total. The molecule has 1 aliphatic rings. The lowest BCUT2D eigenvalue weighted by atomic mass is 9.99. The standard InChI is InChI=1S/C22H34N6O4/c1-13(2)18(20(31)26-16-10-7-11-28(21(16)32)22(23)24)27-19(30)17(25-14(3)29)12-15-8-5-4-6-9-15/h4-6,8-9,13,16-18,21,32H,7,10-12H2,1-3H3,(H3,23,24)(H,25,29)(H,26,31)(H,27,30)/t16-,17-,18-,21?/m0/s1. The molecule has 0 spiro atoms. The van der Waals surface area contributed by atoms with Crippen LogP contribution in [0.3, 0.4) is 0 Å². The van der Waals surface area contributed by atoms with E-state index >= 15 is 0 Å². The van der Waals surface area contributed by atoms with Crippen LogP contribution in [0.5, 0.6) is 0 Å². The number of aliphatic hydroxyl groups is 1. The van der Waals surface area contributed by atoms with E-state index in [-0.39, 0.29) is 24.2 Å². The lowest BCUT2D eigenvalue weighted by molar-refractivity contribution is -0.133. The molecular formula is C22H34N6O4. The zero-order chi connectivity index (χ0) is 23.8.